The van der Waals surface area contributed by atoms with Gasteiger partial charge in [0.2, 0.25) is 0 Å². The van der Waals surface area contributed by atoms with Crippen molar-refractivity contribution in [1.82, 2.24) is 0 Å². The maximum atomic E-state index is 11.5. The Labute approximate surface area is 73.3 Å². The quantitative estimate of drug-likeness (QED) is 0.508. The summed E-state index contributed by atoms with van der Waals surface area (Å²) in [4.78, 5) is 11.5. The number of carbonyl (C=O) groups is 1. The summed E-state index contributed by atoms with van der Waals surface area (Å²) in [5.41, 5.74) is 0.502. The van der Waals surface area contributed by atoms with Crippen LogP contribution in [-0.4, -0.2) is 10.9 Å². The molecule has 0 aromatic carbocycles. The van der Waals surface area contributed by atoms with Crippen LogP contribution in [0.2, 0.25) is 0 Å². The molecular weight excluding hydrogens is 152 g/mol. The minimum absolute atomic E-state index is 0.136. The van der Waals surface area contributed by atoms with Crippen LogP contribution in [0.1, 0.15) is 39.0 Å². The third kappa shape index (κ3) is 2.10. The van der Waals surface area contributed by atoms with Gasteiger partial charge in [0, 0.05) is 11.5 Å². The standard InChI is InChI=1S/C10H16O2/c1-8(7-11)10(12)9-5-3-2-4-6-9/h7,9,11H,2-6H2,1H3/b8-7+. The summed E-state index contributed by atoms with van der Waals surface area (Å²) in [5, 5.41) is 8.65. The Morgan fingerprint density at radius 2 is 1.92 bits per heavy atom. The Balaban J connectivity index is 2.51. The highest BCUT2D eigenvalue weighted by Gasteiger charge is 2.21. The van der Waals surface area contributed by atoms with E-state index in [-0.39, 0.29) is 11.7 Å². The number of hydrogen-bond acceptors (Lipinski definition) is 2. The Kier molecular flexibility index (Phi) is 3.32. The zero-order valence-corrected chi connectivity index (χ0v) is 7.55. The molecule has 0 heterocycles. The third-order valence-electron chi connectivity index (χ3n) is 2.56. The van der Waals surface area contributed by atoms with Crippen LogP contribution in [0, 0.1) is 5.92 Å². The predicted octanol–water partition coefficient (Wildman–Crippen LogP) is 2.60. The van der Waals surface area contributed by atoms with Crippen molar-refractivity contribution in [3.63, 3.8) is 0 Å². The fourth-order valence-corrected chi connectivity index (χ4v) is 1.75. The molecule has 0 amide bonds. The van der Waals surface area contributed by atoms with E-state index >= 15 is 0 Å². The number of aliphatic hydroxyl groups excluding tert-OH is 1. The summed E-state index contributed by atoms with van der Waals surface area (Å²) < 4.78 is 0. The van der Waals surface area contributed by atoms with Crippen LogP contribution in [0.3, 0.4) is 0 Å². The minimum atomic E-state index is 0.136. The van der Waals surface area contributed by atoms with Crippen LogP contribution in [0.5, 0.6) is 0 Å². The Morgan fingerprint density at radius 1 is 1.33 bits per heavy atom. The second-order valence-corrected chi connectivity index (χ2v) is 3.51. The molecule has 0 atom stereocenters. The van der Waals surface area contributed by atoms with Gasteiger partial charge >= 0.3 is 0 Å². The summed E-state index contributed by atoms with van der Waals surface area (Å²) in [5.74, 6) is 0.319. The first kappa shape index (κ1) is 9.30. The number of hydrogen-bond donors (Lipinski definition) is 1. The van der Waals surface area contributed by atoms with Crippen molar-refractivity contribution in [2.75, 3.05) is 0 Å². The van der Waals surface area contributed by atoms with Crippen LogP contribution in [0.15, 0.2) is 11.8 Å². The highest BCUT2D eigenvalue weighted by molar-refractivity contribution is 5.96. The molecule has 0 spiro atoms. The van der Waals surface area contributed by atoms with Crippen LogP contribution in [0.4, 0.5) is 0 Å². The normalized spacial score (nSPS) is 20.9. The first-order valence-electron chi connectivity index (χ1n) is 4.61. The van der Waals surface area contributed by atoms with E-state index in [0.29, 0.717) is 5.57 Å². The molecule has 2 heteroatoms. The summed E-state index contributed by atoms with van der Waals surface area (Å²) in [6, 6.07) is 0. The molecule has 1 fully saturated rings. The van der Waals surface area contributed by atoms with Crippen molar-refractivity contribution < 1.29 is 9.90 Å². The minimum Gasteiger partial charge on any atom is -0.515 e. The number of rotatable bonds is 2. The first-order valence-corrected chi connectivity index (χ1v) is 4.61. The molecular formula is C10H16O2. The average Bonchev–Trinajstić information content (AvgIpc) is 2.17. The van der Waals surface area contributed by atoms with E-state index in [1.807, 2.05) is 0 Å². The highest BCUT2D eigenvalue weighted by Crippen LogP contribution is 2.26. The van der Waals surface area contributed by atoms with E-state index in [0.717, 1.165) is 31.9 Å². The van der Waals surface area contributed by atoms with E-state index in [1.165, 1.54) is 6.42 Å². The topological polar surface area (TPSA) is 37.3 Å². The number of allylic oxidation sites excluding steroid dienone is 1. The summed E-state index contributed by atoms with van der Waals surface area (Å²) in [6.07, 6.45) is 6.51. The molecule has 1 saturated carbocycles. The highest BCUT2D eigenvalue weighted by atomic mass is 16.2. The number of ketones is 1. The van der Waals surface area contributed by atoms with Gasteiger partial charge in [0.1, 0.15) is 0 Å². The van der Waals surface area contributed by atoms with Gasteiger partial charge in [-0.05, 0) is 19.8 Å². The smallest absolute Gasteiger partial charge is 0.164 e. The molecule has 0 saturated heterocycles. The lowest BCUT2D eigenvalue weighted by atomic mass is 9.84. The Hall–Kier alpha value is -0.790. The SMILES string of the molecule is C/C(=C\O)C(=O)C1CCCCC1. The predicted molar refractivity (Wildman–Crippen MR) is 48.0 cm³/mol. The van der Waals surface area contributed by atoms with Crippen LogP contribution < -0.4 is 0 Å². The molecule has 1 aliphatic carbocycles. The molecule has 2 nitrogen and oxygen atoms in total. The molecule has 1 rings (SSSR count). The molecule has 0 aromatic heterocycles. The van der Waals surface area contributed by atoms with Crippen molar-refractivity contribution >= 4 is 5.78 Å². The van der Waals surface area contributed by atoms with E-state index in [9.17, 15) is 4.79 Å². The van der Waals surface area contributed by atoms with Crippen LogP contribution in [-0.2, 0) is 4.79 Å². The summed E-state index contributed by atoms with van der Waals surface area (Å²) in [7, 11) is 0. The second-order valence-electron chi connectivity index (χ2n) is 3.51. The Bertz CT molecular complexity index is 188. The summed E-state index contributed by atoms with van der Waals surface area (Å²) in [6.45, 7) is 1.68. The van der Waals surface area contributed by atoms with Gasteiger partial charge in [-0.3, -0.25) is 4.79 Å². The van der Waals surface area contributed by atoms with Crippen molar-refractivity contribution in [3.8, 4) is 0 Å². The fraction of sp³-hybridized carbons (Fsp3) is 0.700. The first-order chi connectivity index (χ1) is 5.75. The van der Waals surface area contributed by atoms with Gasteiger partial charge in [0.25, 0.3) is 0 Å². The van der Waals surface area contributed by atoms with Crippen molar-refractivity contribution in [3.05, 3.63) is 11.8 Å². The van der Waals surface area contributed by atoms with Crippen LogP contribution >= 0.6 is 0 Å². The Morgan fingerprint density at radius 3 is 2.42 bits per heavy atom. The molecule has 68 valence electrons. The number of aliphatic hydroxyl groups is 1. The number of Topliss-reactive ketones (excluding diaryl/α,β-unsaturated/α-hetero) is 1. The molecule has 1 N–H and O–H groups in total. The second kappa shape index (κ2) is 4.29. The van der Waals surface area contributed by atoms with Gasteiger partial charge in [-0.15, -0.1) is 0 Å². The molecule has 0 aliphatic heterocycles. The van der Waals surface area contributed by atoms with Gasteiger partial charge in [0.15, 0.2) is 5.78 Å². The lowest BCUT2D eigenvalue weighted by Gasteiger charge is -2.19. The molecule has 0 bridgehead atoms. The van der Waals surface area contributed by atoms with E-state index in [1.54, 1.807) is 6.92 Å². The molecule has 0 unspecified atom stereocenters. The zero-order valence-electron chi connectivity index (χ0n) is 7.55. The fourth-order valence-electron chi connectivity index (χ4n) is 1.75. The van der Waals surface area contributed by atoms with Gasteiger partial charge in [0.05, 0.1) is 6.26 Å². The van der Waals surface area contributed by atoms with Crippen molar-refractivity contribution in [2.45, 2.75) is 39.0 Å². The van der Waals surface area contributed by atoms with E-state index in [2.05, 4.69) is 0 Å². The van der Waals surface area contributed by atoms with Gasteiger partial charge < -0.3 is 5.11 Å². The largest absolute Gasteiger partial charge is 0.515 e. The monoisotopic (exact) mass is 168 g/mol. The van der Waals surface area contributed by atoms with Crippen molar-refractivity contribution in [2.24, 2.45) is 5.92 Å². The maximum Gasteiger partial charge on any atom is 0.164 e. The third-order valence-corrected chi connectivity index (χ3v) is 2.56. The van der Waals surface area contributed by atoms with Gasteiger partial charge in [-0.2, -0.15) is 0 Å². The lowest BCUT2D eigenvalue weighted by Crippen LogP contribution is -2.18. The van der Waals surface area contributed by atoms with Gasteiger partial charge in [-0.25, -0.2) is 0 Å². The van der Waals surface area contributed by atoms with Gasteiger partial charge in [-0.1, -0.05) is 19.3 Å². The lowest BCUT2D eigenvalue weighted by molar-refractivity contribution is -0.120. The molecule has 12 heavy (non-hydrogen) atoms. The molecule has 1 aliphatic rings. The zero-order chi connectivity index (χ0) is 8.97. The van der Waals surface area contributed by atoms with E-state index in [4.69, 9.17) is 5.11 Å². The number of carbonyl (C=O) groups excluding carboxylic acids is 1. The molecule has 0 radical (unpaired) electrons. The average molecular weight is 168 g/mol. The van der Waals surface area contributed by atoms with E-state index < -0.39 is 0 Å². The molecule has 0 aromatic rings. The maximum absolute atomic E-state index is 11.5. The van der Waals surface area contributed by atoms with Crippen LogP contribution in [0.25, 0.3) is 0 Å². The summed E-state index contributed by atoms with van der Waals surface area (Å²) >= 11 is 0. The van der Waals surface area contributed by atoms with Crippen molar-refractivity contribution in [1.29, 1.82) is 0 Å².